The lowest BCUT2D eigenvalue weighted by Crippen LogP contribution is -2.25. The Morgan fingerprint density at radius 2 is 1.84 bits per heavy atom. The van der Waals surface area contributed by atoms with Crippen LogP contribution >= 0.6 is 0 Å². The number of amides is 1. The molecule has 5 nitrogen and oxygen atoms in total. The minimum atomic E-state index is -3.67. The molecule has 0 heterocycles. The van der Waals surface area contributed by atoms with Gasteiger partial charge < -0.3 is 5.32 Å². The first-order chi connectivity index (χ1) is 11.9. The molecule has 0 spiro atoms. The predicted molar refractivity (Wildman–Crippen MR) is 95.5 cm³/mol. The molecule has 0 unspecified atom stereocenters. The van der Waals surface area contributed by atoms with Crippen LogP contribution in [0.25, 0.3) is 0 Å². The summed E-state index contributed by atoms with van der Waals surface area (Å²) < 4.78 is 40.3. The molecule has 0 bridgehead atoms. The van der Waals surface area contributed by atoms with E-state index in [0.29, 0.717) is 12.2 Å². The van der Waals surface area contributed by atoms with Gasteiger partial charge in [-0.25, -0.2) is 17.5 Å². The zero-order valence-corrected chi connectivity index (χ0v) is 14.8. The summed E-state index contributed by atoms with van der Waals surface area (Å²) in [5, 5.41) is 2.54. The highest BCUT2D eigenvalue weighted by Crippen LogP contribution is 2.15. The van der Waals surface area contributed by atoms with Crippen molar-refractivity contribution in [2.75, 3.05) is 11.9 Å². The molecule has 0 aromatic heterocycles. The summed E-state index contributed by atoms with van der Waals surface area (Å²) in [5.41, 5.74) is 0.483. The average Bonchev–Trinajstić information content (AvgIpc) is 2.59. The number of nitrogens with one attached hydrogen (secondary N) is 2. The van der Waals surface area contributed by atoms with E-state index >= 15 is 0 Å². The zero-order valence-electron chi connectivity index (χ0n) is 14.0. The number of rotatable bonds is 8. The van der Waals surface area contributed by atoms with Crippen LogP contribution in [0, 0.1) is 5.82 Å². The van der Waals surface area contributed by atoms with Gasteiger partial charge in [-0.1, -0.05) is 31.9 Å². The van der Waals surface area contributed by atoms with Crippen molar-refractivity contribution in [3.05, 3.63) is 59.9 Å². The van der Waals surface area contributed by atoms with E-state index in [2.05, 4.69) is 10.0 Å². The number of carbonyl (C=O) groups excluding carboxylic acids is 1. The summed E-state index contributed by atoms with van der Waals surface area (Å²) in [7, 11) is -3.67. The average molecular weight is 364 g/mol. The van der Waals surface area contributed by atoms with Gasteiger partial charge in [0.25, 0.3) is 5.91 Å². The summed E-state index contributed by atoms with van der Waals surface area (Å²) in [6, 6.07) is 11.2. The molecule has 0 saturated heterocycles. The first-order valence-corrected chi connectivity index (χ1v) is 9.57. The first kappa shape index (κ1) is 19.1. The molecule has 0 atom stereocenters. The molecule has 134 valence electrons. The van der Waals surface area contributed by atoms with Crippen molar-refractivity contribution in [3.63, 3.8) is 0 Å². The van der Waals surface area contributed by atoms with Gasteiger partial charge in [-0.2, -0.15) is 0 Å². The number of hydrogen-bond acceptors (Lipinski definition) is 3. The molecular formula is C18H21FN2O3S. The highest BCUT2D eigenvalue weighted by molar-refractivity contribution is 7.89. The minimum absolute atomic E-state index is 0.0240. The molecule has 7 heteroatoms. The van der Waals surface area contributed by atoms with Gasteiger partial charge in [0.2, 0.25) is 10.0 Å². The number of halogens is 1. The highest BCUT2D eigenvalue weighted by Gasteiger charge is 2.16. The SMILES string of the molecule is CCCCCNS(=O)(=O)c1cccc(C(=O)Nc2cccc(F)c2)c1. The quantitative estimate of drug-likeness (QED) is 0.704. The van der Waals surface area contributed by atoms with Crippen LogP contribution < -0.4 is 10.0 Å². The molecule has 25 heavy (non-hydrogen) atoms. The molecule has 2 aromatic rings. The van der Waals surface area contributed by atoms with E-state index in [1.54, 1.807) is 6.07 Å². The molecule has 0 radical (unpaired) electrons. The van der Waals surface area contributed by atoms with Crippen molar-refractivity contribution in [2.45, 2.75) is 31.1 Å². The fourth-order valence-corrected chi connectivity index (χ4v) is 3.36. The van der Waals surface area contributed by atoms with E-state index in [1.807, 2.05) is 6.92 Å². The number of carbonyl (C=O) groups is 1. The minimum Gasteiger partial charge on any atom is -0.322 e. The van der Waals surface area contributed by atoms with Gasteiger partial charge in [-0.15, -0.1) is 0 Å². The topological polar surface area (TPSA) is 75.3 Å². The van der Waals surface area contributed by atoms with Crippen LogP contribution in [0.4, 0.5) is 10.1 Å². The normalized spacial score (nSPS) is 11.3. The number of sulfonamides is 1. The Balaban J connectivity index is 2.10. The van der Waals surface area contributed by atoms with E-state index < -0.39 is 21.7 Å². The van der Waals surface area contributed by atoms with E-state index in [1.165, 1.54) is 42.5 Å². The second kappa shape index (κ2) is 8.73. The molecular weight excluding hydrogens is 343 g/mol. The Morgan fingerprint density at radius 1 is 1.08 bits per heavy atom. The maximum atomic E-state index is 13.2. The van der Waals surface area contributed by atoms with Crippen LogP contribution in [-0.2, 0) is 10.0 Å². The van der Waals surface area contributed by atoms with Crippen molar-refractivity contribution in [1.29, 1.82) is 0 Å². The van der Waals surface area contributed by atoms with Gasteiger partial charge in [-0.3, -0.25) is 4.79 Å². The lowest BCUT2D eigenvalue weighted by atomic mass is 10.2. The summed E-state index contributed by atoms with van der Waals surface area (Å²) in [6.45, 7) is 2.39. The summed E-state index contributed by atoms with van der Waals surface area (Å²) in [5.74, 6) is -0.973. The van der Waals surface area contributed by atoms with Crippen molar-refractivity contribution in [3.8, 4) is 0 Å². The van der Waals surface area contributed by atoms with Gasteiger partial charge in [0.15, 0.2) is 0 Å². The van der Waals surface area contributed by atoms with Gasteiger partial charge in [0.1, 0.15) is 5.82 Å². The molecule has 0 fully saturated rings. The molecule has 1 amide bonds. The third-order valence-electron chi connectivity index (χ3n) is 3.56. The predicted octanol–water partition coefficient (Wildman–Crippen LogP) is 3.55. The maximum Gasteiger partial charge on any atom is 0.255 e. The lowest BCUT2D eigenvalue weighted by molar-refractivity contribution is 0.102. The van der Waals surface area contributed by atoms with E-state index in [0.717, 1.165) is 19.3 Å². The monoisotopic (exact) mass is 364 g/mol. The van der Waals surface area contributed by atoms with Crippen molar-refractivity contribution >= 4 is 21.6 Å². The lowest BCUT2D eigenvalue weighted by Gasteiger charge is -2.09. The second-order valence-corrected chi connectivity index (χ2v) is 7.36. The molecule has 0 aliphatic heterocycles. The molecule has 0 aliphatic rings. The van der Waals surface area contributed by atoms with Crippen LogP contribution in [0.3, 0.4) is 0 Å². The van der Waals surface area contributed by atoms with Gasteiger partial charge in [0, 0.05) is 17.8 Å². The smallest absolute Gasteiger partial charge is 0.255 e. The molecule has 0 saturated carbocycles. The Kier molecular flexibility index (Phi) is 6.66. The number of hydrogen-bond donors (Lipinski definition) is 2. The molecule has 0 aliphatic carbocycles. The maximum absolute atomic E-state index is 13.2. The van der Waals surface area contributed by atoms with E-state index in [9.17, 15) is 17.6 Å². The Bertz CT molecular complexity index is 838. The van der Waals surface area contributed by atoms with Crippen LogP contribution in [-0.4, -0.2) is 20.9 Å². The largest absolute Gasteiger partial charge is 0.322 e. The van der Waals surface area contributed by atoms with E-state index in [-0.39, 0.29) is 10.5 Å². The van der Waals surface area contributed by atoms with E-state index in [4.69, 9.17) is 0 Å². The third-order valence-corrected chi connectivity index (χ3v) is 5.02. The Labute approximate surface area is 147 Å². The fraction of sp³-hybridized carbons (Fsp3) is 0.278. The van der Waals surface area contributed by atoms with Crippen LogP contribution in [0.15, 0.2) is 53.4 Å². The molecule has 2 N–H and O–H groups in total. The Hall–Kier alpha value is -2.25. The van der Waals surface area contributed by atoms with Crippen LogP contribution in [0.2, 0.25) is 0 Å². The zero-order chi connectivity index (χ0) is 18.3. The molecule has 2 aromatic carbocycles. The number of unbranched alkanes of at least 4 members (excludes halogenated alkanes) is 2. The highest BCUT2D eigenvalue weighted by atomic mass is 32.2. The van der Waals surface area contributed by atoms with Crippen LogP contribution in [0.1, 0.15) is 36.5 Å². The van der Waals surface area contributed by atoms with Crippen LogP contribution in [0.5, 0.6) is 0 Å². The fourth-order valence-electron chi connectivity index (χ4n) is 2.24. The number of anilines is 1. The number of benzene rings is 2. The second-order valence-electron chi connectivity index (χ2n) is 5.60. The third kappa shape index (κ3) is 5.65. The Morgan fingerprint density at radius 3 is 2.56 bits per heavy atom. The summed E-state index contributed by atoms with van der Waals surface area (Å²) in [6.07, 6.45) is 2.70. The summed E-state index contributed by atoms with van der Waals surface area (Å²) >= 11 is 0. The van der Waals surface area contributed by atoms with Crippen molar-refractivity contribution in [1.82, 2.24) is 4.72 Å². The molecule has 2 rings (SSSR count). The standard InChI is InChI=1S/C18H21FN2O3S/c1-2-3-4-11-20-25(23,24)17-10-5-7-14(12-17)18(22)21-16-9-6-8-15(19)13-16/h5-10,12-13,20H,2-4,11H2,1H3,(H,21,22). The van der Waals surface area contributed by atoms with Crippen molar-refractivity contribution < 1.29 is 17.6 Å². The van der Waals surface area contributed by atoms with Gasteiger partial charge >= 0.3 is 0 Å². The summed E-state index contributed by atoms with van der Waals surface area (Å²) in [4.78, 5) is 12.3. The van der Waals surface area contributed by atoms with Gasteiger partial charge in [-0.05, 0) is 42.8 Å². The van der Waals surface area contributed by atoms with Crippen molar-refractivity contribution in [2.24, 2.45) is 0 Å². The first-order valence-electron chi connectivity index (χ1n) is 8.09. The van der Waals surface area contributed by atoms with Gasteiger partial charge in [0.05, 0.1) is 4.90 Å².